The van der Waals surface area contributed by atoms with Gasteiger partial charge in [-0.15, -0.1) is 0 Å². The van der Waals surface area contributed by atoms with Gasteiger partial charge in [-0.25, -0.2) is 0 Å². The second kappa shape index (κ2) is 17.6. The lowest BCUT2D eigenvalue weighted by Crippen LogP contribution is -2.52. The minimum atomic E-state index is -1.17. The van der Waals surface area contributed by atoms with Crippen molar-refractivity contribution in [1.82, 2.24) is 20.1 Å². The van der Waals surface area contributed by atoms with E-state index in [0.29, 0.717) is 42.0 Å². The molecule has 7 N–H and O–H groups in total. The van der Waals surface area contributed by atoms with Gasteiger partial charge in [0.25, 0.3) is 5.91 Å². The lowest BCUT2D eigenvalue weighted by Gasteiger charge is -2.32. The quantitative estimate of drug-likeness (QED) is 0.0391. The summed E-state index contributed by atoms with van der Waals surface area (Å²) in [5, 5.41) is 58.3. The third-order valence-electron chi connectivity index (χ3n) is 10.2. The number of nitrogens with zero attached hydrogens (tertiary/aromatic N) is 4. The van der Waals surface area contributed by atoms with Gasteiger partial charge in [-0.1, -0.05) is 26.0 Å². The average molecular weight is 794 g/mol. The van der Waals surface area contributed by atoms with Crippen LogP contribution in [0.1, 0.15) is 78.9 Å². The molecule has 1 saturated heterocycles. The molecule has 1 aromatic heterocycles. The molecular weight excluding hydrogens is 748 g/mol. The van der Waals surface area contributed by atoms with Gasteiger partial charge in [0.1, 0.15) is 17.5 Å². The molecule has 4 aromatic rings. The SMILES string of the molecule is CC(C)c1cc(C(=N)N(C(=[N-])O)c2ccc3c(ccn3CCOCCNC(=O)CCCC(=O)Nc3cccc4c3CN(C3CCC(=O)NC3=O)C4=O)c2)c(O)cc1O. The van der Waals surface area contributed by atoms with Crippen molar-refractivity contribution in [2.24, 2.45) is 0 Å². The Bertz CT molecular complexity index is 2300. The number of piperidine rings is 1. The van der Waals surface area contributed by atoms with Crippen LogP contribution >= 0.6 is 0 Å². The largest absolute Gasteiger partial charge is 0.515 e. The van der Waals surface area contributed by atoms with E-state index in [4.69, 9.17) is 10.1 Å². The highest BCUT2D eigenvalue weighted by Crippen LogP contribution is 2.35. The van der Waals surface area contributed by atoms with Crippen LogP contribution in [0.4, 0.5) is 11.4 Å². The Hall–Kier alpha value is -6.75. The topological polar surface area (TPSA) is 249 Å². The normalized spacial score (nSPS) is 15.1. The number of carbonyl (C=O) groups excluding carboxylic acids is 5. The van der Waals surface area contributed by atoms with Crippen molar-refractivity contribution >= 4 is 63.7 Å². The molecule has 0 bridgehead atoms. The number of ether oxygens (including phenoxy) is 1. The molecule has 1 atom stereocenters. The van der Waals surface area contributed by atoms with Crippen molar-refractivity contribution in [3.63, 3.8) is 0 Å². The fourth-order valence-electron chi connectivity index (χ4n) is 7.17. The first kappa shape index (κ1) is 40.9. The molecule has 2 aliphatic heterocycles. The minimum absolute atomic E-state index is 0.00590. The molecule has 1 unspecified atom stereocenters. The Kier molecular flexibility index (Phi) is 12.4. The fraction of sp³-hybridized carbons (Fsp3) is 0.341. The van der Waals surface area contributed by atoms with Gasteiger partial charge < -0.3 is 55.9 Å². The van der Waals surface area contributed by atoms with E-state index in [1.807, 2.05) is 30.7 Å². The zero-order valence-electron chi connectivity index (χ0n) is 32.1. The van der Waals surface area contributed by atoms with Crippen LogP contribution in [0.3, 0.4) is 0 Å². The van der Waals surface area contributed by atoms with Crippen molar-refractivity contribution in [2.45, 2.75) is 71.0 Å². The number of phenolic OH excluding ortho intramolecular Hbond substituents is 2. The number of aliphatic hydroxyl groups is 1. The maximum absolute atomic E-state index is 13.0. The van der Waals surface area contributed by atoms with E-state index in [9.17, 15) is 44.7 Å². The number of imide groups is 1. The number of benzene rings is 3. The van der Waals surface area contributed by atoms with Crippen LogP contribution in [0.15, 0.2) is 60.8 Å². The summed E-state index contributed by atoms with van der Waals surface area (Å²) >= 11 is 0. The standard InChI is InChI=1S/C41H45N8O9/c1-23(2)27-20-28(34(51)21-33(27)50)38(42)49(41(43)57)25-9-10-31-24(19-25)13-15-47(31)16-18-58-17-14-44-35(52)7-4-8-36(53)45-30-6-3-5-26-29(30)22-48(40(26)56)32-11-12-37(54)46-39(32)55/h3,5-6,9-10,13,15,19-21,23,32H,4,7-8,11-12,14,16-18,22H2,1-2H3,(H7-,42,43,44,45,46,50,51,52,53,54,55,57)/q-1. The van der Waals surface area contributed by atoms with Gasteiger partial charge in [-0.2, -0.15) is 0 Å². The highest BCUT2D eigenvalue weighted by atomic mass is 16.5. The summed E-state index contributed by atoms with van der Waals surface area (Å²) in [5.41, 5.74) is 3.03. The summed E-state index contributed by atoms with van der Waals surface area (Å²) in [6, 6.07) is 12.5. The van der Waals surface area contributed by atoms with E-state index in [-0.39, 0.29) is 97.7 Å². The molecule has 2 aliphatic rings. The monoisotopic (exact) mass is 793 g/mol. The molecule has 1 fully saturated rings. The Labute approximate surface area is 333 Å². The number of fused-ring (bicyclic) bond motifs is 2. The van der Waals surface area contributed by atoms with Crippen LogP contribution in [0.2, 0.25) is 0 Å². The fourth-order valence-corrected chi connectivity index (χ4v) is 7.17. The number of aromatic hydroxyl groups is 2. The molecule has 0 spiro atoms. The number of hydrogen-bond donors (Lipinski definition) is 7. The van der Waals surface area contributed by atoms with Crippen LogP contribution in [-0.2, 0) is 37.0 Å². The zero-order chi connectivity index (χ0) is 41.7. The van der Waals surface area contributed by atoms with Crippen molar-refractivity contribution < 1.29 is 44.0 Å². The molecule has 6 rings (SSSR count). The van der Waals surface area contributed by atoms with Gasteiger partial charge in [0, 0.05) is 79.1 Å². The number of aromatic nitrogens is 1. The number of amides is 5. The maximum Gasteiger partial charge on any atom is 0.255 e. The maximum atomic E-state index is 13.0. The van der Waals surface area contributed by atoms with Crippen LogP contribution < -0.4 is 20.9 Å². The number of anilines is 2. The van der Waals surface area contributed by atoms with Crippen LogP contribution in [0.25, 0.3) is 16.3 Å². The van der Waals surface area contributed by atoms with Gasteiger partial charge >= 0.3 is 0 Å². The Morgan fingerprint density at radius 2 is 1.81 bits per heavy atom. The summed E-state index contributed by atoms with van der Waals surface area (Å²) in [4.78, 5) is 64.4. The van der Waals surface area contributed by atoms with Crippen LogP contribution in [-0.4, -0.2) is 92.0 Å². The highest BCUT2D eigenvalue weighted by Gasteiger charge is 2.40. The van der Waals surface area contributed by atoms with E-state index in [1.165, 1.54) is 11.0 Å². The molecule has 304 valence electrons. The van der Waals surface area contributed by atoms with Gasteiger partial charge in [-0.05, 0) is 71.8 Å². The predicted molar refractivity (Wildman–Crippen MR) is 215 cm³/mol. The molecule has 5 amide bonds. The summed E-state index contributed by atoms with van der Waals surface area (Å²) in [5.74, 6) is -2.80. The number of carbonyl (C=O) groups is 5. The molecule has 0 radical (unpaired) electrons. The van der Waals surface area contributed by atoms with Crippen LogP contribution in [0, 0.1) is 5.41 Å². The Balaban J connectivity index is 0.915. The summed E-state index contributed by atoms with van der Waals surface area (Å²) in [7, 11) is 0. The zero-order valence-corrected chi connectivity index (χ0v) is 32.1. The second-order valence-electron chi connectivity index (χ2n) is 14.4. The lowest BCUT2D eigenvalue weighted by molar-refractivity contribution is -0.137. The lowest BCUT2D eigenvalue weighted by atomic mass is 9.98. The first-order chi connectivity index (χ1) is 27.7. The van der Waals surface area contributed by atoms with Crippen molar-refractivity contribution in [3.05, 3.63) is 88.5 Å². The van der Waals surface area contributed by atoms with Gasteiger partial charge in [0.05, 0.1) is 25.1 Å². The number of aliphatic hydroxyl groups excluding tert-OH is 1. The van der Waals surface area contributed by atoms with Crippen LogP contribution in [0.5, 0.6) is 11.5 Å². The molecule has 58 heavy (non-hydrogen) atoms. The van der Waals surface area contributed by atoms with Gasteiger partial charge in [-0.3, -0.25) is 29.3 Å². The number of hydrogen-bond acceptors (Lipinski definition) is 9. The average Bonchev–Trinajstić information content (AvgIpc) is 3.73. The molecule has 3 aromatic carbocycles. The molecule has 17 nitrogen and oxygen atoms in total. The molecule has 17 heteroatoms. The van der Waals surface area contributed by atoms with E-state index >= 15 is 0 Å². The first-order valence-corrected chi connectivity index (χ1v) is 18.9. The third-order valence-corrected chi connectivity index (χ3v) is 10.2. The molecule has 0 saturated carbocycles. The van der Waals surface area contributed by atoms with E-state index < -0.39 is 23.8 Å². The van der Waals surface area contributed by atoms with Gasteiger partial charge in [0.2, 0.25) is 23.6 Å². The summed E-state index contributed by atoms with van der Waals surface area (Å²) in [6.07, 6.45) is 2.72. The Morgan fingerprint density at radius 1 is 1.03 bits per heavy atom. The molecular formula is C41H45N8O9-. The highest BCUT2D eigenvalue weighted by molar-refractivity contribution is 6.23. The molecule has 0 aliphatic carbocycles. The molecule has 3 heterocycles. The van der Waals surface area contributed by atoms with E-state index in [0.717, 1.165) is 21.9 Å². The minimum Gasteiger partial charge on any atom is -0.515 e. The second-order valence-corrected chi connectivity index (χ2v) is 14.4. The number of rotatable bonds is 15. The van der Waals surface area contributed by atoms with Crippen molar-refractivity contribution in [2.75, 3.05) is 30.0 Å². The van der Waals surface area contributed by atoms with Crippen molar-refractivity contribution in [3.8, 4) is 11.5 Å². The van der Waals surface area contributed by atoms with Gasteiger partial charge in [0.15, 0.2) is 0 Å². The predicted octanol–water partition coefficient (Wildman–Crippen LogP) is 4.19. The Morgan fingerprint density at radius 3 is 2.55 bits per heavy atom. The number of nitrogens with one attached hydrogen (secondary N) is 4. The number of phenols is 2. The van der Waals surface area contributed by atoms with Crippen molar-refractivity contribution in [1.29, 1.82) is 5.41 Å². The van der Waals surface area contributed by atoms with E-state index in [1.54, 1.807) is 36.4 Å². The third kappa shape index (κ3) is 8.94. The first-order valence-electron chi connectivity index (χ1n) is 18.9. The van der Waals surface area contributed by atoms with E-state index in [2.05, 4.69) is 16.0 Å². The summed E-state index contributed by atoms with van der Waals surface area (Å²) in [6.45, 7) is 5.16. The summed E-state index contributed by atoms with van der Waals surface area (Å²) < 4.78 is 7.67. The smallest absolute Gasteiger partial charge is 0.255 e. The number of amidine groups is 2.